The number of ether oxygens (including phenoxy) is 1. The maximum absolute atomic E-state index is 9.25. The number of aromatic nitrogens is 2. The molecule has 86 valence electrons. The predicted octanol–water partition coefficient (Wildman–Crippen LogP) is 2.22. The molecule has 3 aromatic rings. The highest BCUT2D eigenvalue weighted by Gasteiger charge is 2.08. The van der Waals surface area contributed by atoms with Crippen LogP contribution in [0.5, 0.6) is 5.75 Å². The first kappa shape index (κ1) is 10.1. The Morgan fingerprint density at radius 2 is 2.18 bits per heavy atom. The quantitative estimate of drug-likeness (QED) is 0.707. The number of benzene rings is 1. The zero-order valence-electron chi connectivity index (χ0n) is 9.40. The number of aliphatic hydroxyl groups is 1. The van der Waals surface area contributed by atoms with E-state index in [9.17, 15) is 5.11 Å². The zero-order chi connectivity index (χ0) is 11.8. The van der Waals surface area contributed by atoms with Gasteiger partial charge in [0.1, 0.15) is 5.75 Å². The van der Waals surface area contributed by atoms with Gasteiger partial charge in [0.25, 0.3) is 0 Å². The minimum Gasteiger partial charge on any atom is -0.497 e. The van der Waals surface area contributed by atoms with Gasteiger partial charge >= 0.3 is 0 Å². The molecule has 3 rings (SSSR count). The van der Waals surface area contributed by atoms with Crippen LogP contribution in [0, 0.1) is 0 Å². The fraction of sp³-hybridized carbons (Fsp3) is 0.154. The van der Waals surface area contributed by atoms with Crippen LogP contribution in [0.3, 0.4) is 0 Å². The molecule has 2 aromatic heterocycles. The number of aromatic amines is 1. The summed E-state index contributed by atoms with van der Waals surface area (Å²) in [5.74, 6) is 0.808. The van der Waals surface area contributed by atoms with Crippen molar-refractivity contribution >= 4 is 21.8 Å². The molecular formula is C13H12N2O2. The molecule has 2 heterocycles. The van der Waals surface area contributed by atoms with Gasteiger partial charge in [0, 0.05) is 23.0 Å². The van der Waals surface area contributed by atoms with Gasteiger partial charge in [0.05, 0.1) is 30.4 Å². The van der Waals surface area contributed by atoms with Gasteiger partial charge in [-0.05, 0) is 18.2 Å². The summed E-state index contributed by atoms with van der Waals surface area (Å²) in [5.41, 5.74) is 2.54. The summed E-state index contributed by atoms with van der Waals surface area (Å²) in [6, 6.07) is 7.82. The van der Waals surface area contributed by atoms with Crippen molar-refractivity contribution in [2.24, 2.45) is 0 Å². The number of rotatable bonds is 2. The van der Waals surface area contributed by atoms with Crippen LogP contribution in [-0.2, 0) is 6.61 Å². The average molecular weight is 228 g/mol. The van der Waals surface area contributed by atoms with Gasteiger partial charge in [-0.1, -0.05) is 0 Å². The standard InChI is InChI=1S/C13H12N2O2/c1-17-8-2-3-9-10-4-5-14-12(7-16)13(10)15-11(9)6-8/h2-6,15-16H,7H2,1H3. The largest absolute Gasteiger partial charge is 0.497 e. The Kier molecular flexibility index (Phi) is 2.23. The maximum atomic E-state index is 9.25. The van der Waals surface area contributed by atoms with E-state index in [1.54, 1.807) is 13.3 Å². The van der Waals surface area contributed by atoms with Crippen LogP contribution in [-0.4, -0.2) is 22.2 Å². The van der Waals surface area contributed by atoms with E-state index in [2.05, 4.69) is 9.97 Å². The Bertz CT molecular complexity index is 688. The van der Waals surface area contributed by atoms with Gasteiger partial charge in [0.2, 0.25) is 0 Å². The van der Waals surface area contributed by atoms with Crippen LogP contribution in [0.1, 0.15) is 5.69 Å². The Balaban J connectivity index is 2.40. The summed E-state index contributed by atoms with van der Waals surface area (Å²) < 4.78 is 5.19. The van der Waals surface area contributed by atoms with Crippen molar-refractivity contribution in [2.75, 3.05) is 7.11 Å². The lowest BCUT2D eigenvalue weighted by atomic mass is 10.1. The molecule has 0 aliphatic carbocycles. The predicted molar refractivity (Wildman–Crippen MR) is 66.1 cm³/mol. The first-order chi connectivity index (χ1) is 8.33. The number of nitrogens with zero attached hydrogens (tertiary/aromatic N) is 1. The summed E-state index contributed by atoms with van der Waals surface area (Å²) in [4.78, 5) is 7.42. The van der Waals surface area contributed by atoms with Crippen LogP contribution < -0.4 is 4.74 Å². The molecule has 0 unspecified atom stereocenters. The van der Waals surface area contributed by atoms with Gasteiger partial charge in [-0.15, -0.1) is 0 Å². The molecule has 4 heteroatoms. The Hall–Kier alpha value is -2.07. The molecule has 0 spiro atoms. The maximum Gasteiger partial charge on any atom is 0.120 e. The van der Waals surface area contributed by atoms with Crippen LogP contribution in [0.25, 0.3) is 21.8 Å². The molecule has 0 aliphatic rings. The highest BCUT2D eigenvalue weighted by Crippen LogP contribution is 2.29. The van der Waals surface area contributed by atoms with E-state index >= 15 is 0 Å². The van der Waals surface area contributed by atoms with Crippen molar-refractivity contribution < 1.29 is 9.84 Å². The van der Waals surface area contributed by atoms with E-state index < -0.39 is 0 Å². The minimum atomic E-state index is -0.0682. The molecule has 0 atom stereocenters. The van der Waals surface area contributed by atoms with Gasteiger partial charge in [-0.25, -0.2) is 0 Å². The van der Waals surface area contributed by atoms with Crippen LogP contribution in [0.15, 0.2) is 30.5 Å². The van der Waals surface area contributed by atoms with E-state index in [0.717, 1.165) is 27.6 Å². The van der Waals surface area contributed by atoms with Crippen molar-refractivity contribution in [3.8, 4) is 5.75 Å². The molecule has 4 nitrogen and oxygen atoms in total. The fourth-order valence-electron chi connectivity index (χ4n) is 2.11. The normalized spacial score (nSPS) is 11.2. The first-order valence-electron chi connectivity index (χ1n) is 5.37. The monoisotopic (exact) mass is 228 g/mol. The SMILES string of the molecule is COc1ccc2c(c1)[nH]c1c(CO)nccc12. The molecular weight excluding hydrogens is 216 g/mol. The Morgan fingerprint density at radius 1 is 1.29 bits per heavy atom. The number of H-pyrrole nitrogens is 1. The highest BCUT2D eigenvalue weighted by atomic mass is 16.5. The number of aliphatic hydroxyl groups excluding tert-OH is 1. The molecule has 0 saturated carbocycles. The molecule has 2 N–H and O–H groups in total. The smallest absolute Gasteiger partial charge is 0.120 e. The number of methoxy groups -OCH3 is 1. The lowest BCUT2D eigenvalue weighted by Gasteiger charge is -1.98. The summed E-state index contributed by atoms with van der Waals surface area (Å²) in [7, 11) is 1.64. The van der Waals surface area contributed by atoms with Crippen molar-refractivity contribution in [1.82, 2.24) is 9.97 Å². The number of nitrogens with one attached hydrogen (secondary N) is 1. The lowest BCUT2D eigenvalue weighted by Crippen LogP contribution is -1.89. The van der Waals surface area contributed by atoms with E-state index in [1.165, 1.54) is 0 Å². The molecule has 0 bridgehead atoms. The molecule has 17 heavy (non-hydrogen) atoms. The highest BCUT2D eigenvalue weighted by molar-refractivity contribution is 6.08. The van der Waals surface area contributed by atoms with Gasteiger partial charge in [-0.2, -0.15) is 0 Å². The minimum absolute atomic E-state index is 0.0682. The summed E-state index contributed by atoms with van der Waals surface area (Å²) in [5, 5.41) is 11.4. The van der Waals surface area contributed by atoms with Crippen molar-refractivity contribution in [3.63, 3.8) is 0 Å². The average Bonchev–Trinajstić information content (AvgIpc) is 2.75. The zero-order valence-corrected chi connectivity index (χ0v) is 9.40. The molecule has 1 aromatic carbocycles. The number of hydrogen-bond donors (Lipinski definition) is 2. The molecule has 0 saturated heterocycles. The van der Waals surface area contributed by atoms with Gasteiger partial charge in [0.15, 0.2) is 0 Å². The van der Waals surface area contributed by atoms with E-state index in [-0.39, 0.29) is 6.61 Å². The second-order valence-corrected chi connectivity index (χ2v) is 3.87. The second-order valence-electron chi connectivity index (χ2n) is 3.87. The van der Waals surface area contributed by atoms with Crippen LogP contribution in [0.4, 0.5) is 0 Å². The third-order valence-electron chi connectivity index (χ3n) is 2.96. The van der Waals surface area contributed by atoms with Crippen LogP contribution in [0.2, 0.25) is 0 Å². The second kappa shape index (κ2) is 3.75. The summed E-state index contributed by atoms with van der Waals surface area (Å²) in [6.45, 7) is -0.0682. The van der Waals surface area contributed by atoms with Gasteiger partial charge in [-0.3, -0.25) is 4.98 Å². The third kappa shape index (κ3) is 1.45. The molecule has 0 aliphatic heterocycles. The van der Waals surface area contributed by atoms with Gasteiger partial charge < -0.3 is 14.8 Å². The van der Waals surface area contributed by atoms with Crippen molar-refractivity contribution in [1.29, 1.82) is 0 Å². The third-order valence-corrected chi connectivity index (χ3v) is 2.96. The number of fused-ring (bicyclic) bond motifs is 3. The molecule has 0 fully saturated rings. The first-order valence-corrected chi connectivity index (χ1v) is 5.37. The summed E-state index contributed by atoms with van der Waals surface area (Å²) >= 11 is 0. The van der Waals surface area contributed by atoms with Crippen molar-refractivity contribution in [3.05, 3.63) is 36.2 Å². The summed E-state index contributed by atoms with van der Waals surface area (Å²) in [6.07, 6.45) is 1.71. The van der Waals surface area contributed by atoms with Crippen molar-refractivity contribution in [2.45, 2.75) is 6.61 Å². The van der Waals surface area contributed by atoms with E-state index in [4.69, 9.17) is 4.74 Å². The lowest BCUT2D eigenvalue weighted by molar-refractivity contribution is 0.278. The number of hydrogen-bond acceptors (Lipinski definition) is 3. The van der Waals surface area contributed by atoms with E-state index in [1.807, 2.05) is 24.3 Å². The molecule has 0 amide bonds. The van der Waals surface area contributed by atoms with Crippen LogP contribution >= 0.6 is 0 Å². The van der Waals surface area contributed by atoms with E-state index in [0.29, 0.717) is 5.69 Å². The fourth-order valence-corrected chi connectivity index (χ4v) is 2.11. The molecule has 0 radical (unpaired) electrons. The number of pyridine rings is 1. The Morgan fingerprint density at radius 3 is 2.94 bits per heavy atom. The topological polar surface area (TPSA) is 58.1 Å². The Labute approximate surface area is 97.9 Å².